The van der Waals surface area contributed by atoms with Crippen LogP contribution >= 0.6 is 0 Å². The molecule has 1 N–H and O–H groups in total. The number of ether oxygens (including phenoxy) is 2. The van der Waals surface area contributed by atoms with Crippen LogP contribution in [0.4, 0.5) is 4.79 Å². The monoisotopic (exact) mass is 311 g/mol. The molecule has 0 saturated carbocycles. The largest absolute Gasteiger partial charge is 0.467 e. The van der Waals surface area contributed by atoms with Gasteiger partial charge in [0, 0.05) is 18.7 Å². The van der Waals surface area contributed by atoms with E-state index in [-0.39, 0.29) is 6.04 Å². The molecule has 1 amide bonds. The van der Waals surface area contributed by atoms with E-state index in [1.807, 2.05) is 20.0 Å². The van der Waals surface area contributed by atoms with E-state index in [9.17, 15) is 9.59 Å². The van der Waals surface area contributed by atoms with Crippen LogP contribution in [0.5, 0.6) is 0 Å². The summed E-state index contributed by atoms with van der Waals surface area (Å²) in [5, 5.41) is 6.75. The van der Waals surface area contributed by atoms with Crippen LogP contribution in [0, 0.1) is 0 Å². The lowest BCUT2D eigenvalue weighted by Gasteiger charge is -2.22. The van der Waals surface area contributed by atoms with Crippen LogP contribution in [-0.4, -0.2) is 40.6 Å². The predicted octanol–water partition coefficient (Wildman–Crippen LogP) is 2.07. The number of methoxy groups -OCH3 is 1. The van der Waals surface area contributed by atoms with Gasteiger partial charge in [-0.3, -0.25) is 4.68 Å². The number of carbonyl (C=O) groups is 2. The van der Waals surface area contributed by atoms with Gasteiger partial charge in [-0.2, -0.15) is 5.10 Å². The molecular weight excluding hydrogens is 286 g/mol. The van der Waals surface area contributed by atoms with Crippen LogP contribution < -0.4 is 5.32 Å². The molecule has 1 rings (SSSR count). The third kappa shape index (κ3) is 5.75. The zero-order chi connectivity index (χ0) is 16.9. The third-order valence-corrected chi connectivity index (χ3v) is 2.80. The Labute approximate surface area is 131 Å². The number of carbonyl (C=O) groups excluding carboxylic acids is 2. The molecule has 124 valence electrons. The molecule has 1 aromatic rings. The summed E-state index contributed by atoms with van der Waals surface area (Å²) < 4.78 is 11.7. The molecule has 1 aromatic heterocycles. The van der Waals surface area contributed by atoms with Crippen molar-refractivity contribution in [3.05, 3.63) is 18.0 Å². The molecule has 0 fully saturated rings. The predicted molar refractivity (Wildman–Crippen MR) is 81.5 cm³/mol. The fourth-order valence-electron chi connectivity index (χ4n) is 1.79. The van der Waals surface area contributed by atoms with Crippen molar-refractivity contribution in [1.29, 1.82) is 0 Å². The number of esters is 1. The molecule has 1 heterocycles. The fraction of sp³-hybridized carbons (Fsp3) is 0.667. The van der Waals surface area contributed by atoms with Gasteiger partial charge < -0.3 is 14.8 Å². The number of amides is 1. The summed E-state index contributed by atoms with van der Waals surface area (Å²) in [4.78, 5) is 23.7. The van der Waals surface area contributed by atoms with Crippen molar-refractivity contribution in [2.45, 2.75) is 58.7 Å². The molecule has 7 heteroatoms. The van der Waals surface area contributed by atoms with Crippen LogP contribution in [0.25, 0.3) is 0 Å². The SMILES string of the molecule is COC(=O)C(Cc1cnn(C(C)C)c1)NC(=O)OC(C)(C)C. The van der Waals surface area contributed by atoms with Crippen LogP contribution in [-0.2, 0) is 20.7 Å². The highest BCUT2D eigenvalue weighted by atomic mass is 16.6. The highest BCUT2D eigenvalue weighted by Gasteiger charge is 2.25. The number of nitrogens with one attached hydrogen (secondary N) is 1. The van der Waals surface area contributed by atoms with Crippen molar-refractivity contribution in [2.75, 3.05) is 7.11 Å². The lowest BCUT2D eigenvalue weighted by molar-refractivity contribution is -0.143. The summed E-state index contributed by atoms with van der Waals surface area (Å²) in [6.45, 7) is 9.28. The molecular formula is C15H25N3O4. The quantitative estimate of drug-likeness (QED) is 0.842. The lowest BCUT2D eigenvalue weighted by atomic mass is 10.1. The Bertz CT molecular complexity index is 517. The minimum atomic E-state index is -0.815. The summed E-state index contributed by atoms with van der Waals surface area (Å²) in [6.07, 6.45) is 3.15. The first-order valence-electron chi connectivity index (χ1n) is 7.22. The number of hydrogen-bond acceptors (Lipinski definition) is 5. The fourth-order valence-corrected chi connectivity index (χ4v) is 1.79. The van der Waals surface area contributed by atoms with E-state index in [4.69, 9.17) is 9.47 Å². The molecule has 0 radical (unpaired) electrons. The molecule has 0 aliphatic rings. The Morgan fingerprint density at radius 3 is 2.45 bits per heavy atom. The Kier molecular flexibility index (Phi) is 5.96. The number of alkyl carbamates (subject to hydrolysis) is 1. The minimum absolute atomic E-state index is 0.226. The molecule has 0 bridgehead atoms. The number of hydrogen-bond donors (Lipinski definition) is 1. The van der Waals surface area contributed by atoms with Gasteiger partial charge in [0.05, 0.1) is 13.3 Å². The van der Waals surface area contributed by atoms with Gasteiger partial charge in [-0.15, -0.1) is 0 Å². The van der Waals surface area contributed by atoms with Gasteiger partial charge in [-0.05, 0) is 40.2 Å². The Morgan fingerprint density at radius 1 is 1.36 bits per heavy atom. The van der Waals surface area contributed by atoms with Crippen LogP contribution in [0.1, 0.15) is 46.2 Å². The average molecular weight is 311 g/mol. The van der Waals surface area contributed by atoms with E-state index in [1.54, 1.807) is 31.6 Å². The second-order valence-corrected chi connectivity index (χ2v) is 6.35. The van der Waals surface area contributed by atoms with Gasteiger partial charge in [-0.25, -0.2) is 9.59 Å². The Morgan fingerprint density at radius 2 is 2.00 bits per heavy atom. The number of rotatable bonds is 5. The molecule has 1 unspecified atom stereocenters. The van der Waals surface area contributed by atoms with Crippen molar-refractivity contribution < 1.29 is 19.1 Å². The molecule has 22 heavy (non-hydrogen) atoms. The molecule has 0 saturated heterocycles. The van der Waals surface area contributed by atoms with Crippen molar-refractivity contribution in [3.63, 3.8) is 0 Å². The zero-order valence-electron chi connectivity index (χ0n) is 14.0. The zero-order valence-corrected chi connectivity index (χ0v) is 14.0. The van der Waals surface area contributed by atoms with Crippen molar-refractivity contribution >= 4 is 12.1 Å². The molecule has 7 nitrogen and oxygen atoms in total. The highest BCUT2D eigenvalue weighted by Crippen LogP contribution is 2.10. The summed E-state index contributed by atoms with van der Waals surface area (Å²) >= 11 is 0. The highest BCUT2D eigenvalue weighted by molar-refractivity contribution is 5.81. The first-order chi connectivity index (χ1) is 10.1. The van der Waals surface area contributed by atoms with Gasteiger partial charge in [0.2, 0.25) is 0 Å². The topological polar surface area (TPSA) is 82.5 Å². The van der Waals surface area contributed by atoms with Gasteiger partial charge in [-0.1, -0.05) is 0 Å². The number of nitrogens with zero attached hydrogens (tertiary/aromatic N) is 2. The van der Waals surface area contributed by atoms with E-state index < -0.39 is 23.7 Å². The summed E-state index contributed by atoms with van der Waals surface area (Å²) in [5.41, 5.74) is 0.202. The van der Waals surface area contributed by atoms with E-state index in [1.165, 1.54) is 7.11 Å². The molecule has 0 aliphatic heterocycles. The summed E-state index contributed by atoms with van der Waals surface area (Å²) in [6, 6.07) is -0.589. The first-order valence-corrected chi connectivity index (χ1v) is 7.22. The van der Waals surface area contributed by atoms with E-state index >= 15 is 0 Å². The van der Waals surface area contributed by atoms with Crippen LogP contribution in [0.2, 0.25) is 0 Å². The molecule has 0 aromatic carbocycles. The molecule has 0 aliphatic carbocycles. The minimum Gasteiger partial charge on any atom is -0.467 e. The van der Waals surface area contributed by atoms with Gasteiger partial charge >= 0.3 is 12.1 Å². The van der Waals surface area contributed by atoms with E-state index in [2.05, 4.69) is 10.4 Å². The maximum absolute atomic E-state index is 11.8. The van der Waals surface area contributed by atoms with Crippen LogP contribution in [0.3, 0.4) is 0 Å². The third-order valence-electron chi connectivity index (χ3n) is 2.80. The first kappa shape index (κ1) is 18.0. The van der Waals surface area contributed by atoms with E-state index in [0.29, 0.717) is 6.42 Å². The van der Waals surface area contributed by atoms with Crippen molar-refractivity contribution in [1.82, 2.24) is 15.1 Å². The second-order valence-electron chi connectivity index (χ2n) is 6.35. The standard InChI is InChI=1S/C15H25N3O4/c1-10(2)18-9-11(8-16-18)7-12(13(19)21-6)17-14(20)22-15(3,4)5/h8-10,12H,7H2,1-6H3,(H,17,20). The second kappa shape index (κ2) is 7.29. The Hall–Kier alpha value is -2.05. The van der Waals surface area contributed by atoms with Crippen LogP contribution in [0.15, 0.2) is 12.4 Å². The average Bonchev–Trinajstić information content (AvgIpc) is 2.83. The van der Waals surface area contributed by atoms with Crippen molar-refractivity contribution in [3.8, 4) is 0 Å². The molecule has 0 spiro atoms. The molecule has 1 atom stereocenters. The number of aromatic nitrogens is 2. The summed E-state index contributed by atoms with van der Waals surface area (Å²) in [5.74, 6) is -0.525. The lowest BCUT2D eigenvalue weighted by Crippen LogP contribution is -2.45. The Balaban J connectivity index is 2.76. The maximum atomic E-state index is 11.8. The van der Waals surface area contributed by atoms with Gasteiger partial charge in [0.25, 0.3) is 0 Å². The van der Waals surface area contributed by atoms with E-state index in [0.717, 1.165) is 5.56 Å². The normalized spacial score (nSPS) is 12.9. The van der Waals surface area contributed by atoms with Gasteiger partial charge in [0.15, 0.2) is 0 Å². The summed E-state index contributed by atoms with van der Waals surface area (Å²) in [7, 11) is 1.28. The van der Waals surface area contributed by atoms with Crippen molar-refractivity contribution in [2.24, 2.45) is 0 Å². The van der Waals surface area contributed by atoms with Gasteiger partial charge in [0.1, 0.15) is 11.6 Å². The maximum Gasteiger partial charge on any atom is 0.408 e. The smallest absolute Gasteiger partial charge is 0.408 e.